The van der Waals surface area contributed by atoms with Crippen LogP contribution in [0.25, 0.3) is 0 Å². The van der Waals surface area contributed by atoms with Gasteiger partial charge in [0.25, 0.3) is 0 Å². The van der Waals surface area contributed by atoms with Crippen LogP contribution in [0.3, 0.4) is 0 Å². The predicted octanol–water partition coefficient (Wildman–Crippen LogP) is 4.96. The van der Waals surface area contributed by atoms with Crippen LogP contribution in [0.2, 0.25) is 0 Å². The van der Waals surface area contributed by atoms with E-state index in [0.717, 1.165) is 17.0 Å². The molecule has 1 heterocycles. The maximum atomic E-state index is 14.0. The number of allylic oxidation sites excluding steroid dienone is 6. The van der Waals surface area contributed by atoms with Gasteiger partial charge in [0.15, 0.2) is 23.1 Å². The highest BCUT2D eigenvalue weighted by molar-refractivity contribution is 9.13. The number of carboxylic acid groups (broad SMARTS) is 1. The average Bonchev–Trinajstić information content (AvgIpc) is 3.23. The first-order valence-electron chi connectivity index (χ1n) is 13.3. The second kappa shape index (κ2) is 10.3. The minimum absolute atomic E-state index is 0.0399. The number of amides is 2. The van der Waals surface area contributed by atoms with Crippen molar-refractivity contribution < 1.29 is 44.0 Å². The number of ether oxygens (including phenoxy) is 1. The highest BCUT2D eigenvalue weighted by atomic mass is 79.9. The van der Waals surface area contributed by atoms with Crippen molar-refractivity contribution in [1.29, 1.82) is 0 Å². The largest absolute Gasteiger partial charge is 0.507 e. The number of methoxy groups -OCH3 is 1. The second-order valence-corrected chi connectivity index (χ2v) is 12.5. The zero-order chi connectivity index (χ0) is 31.1. The molecule has 0 spiro atoms. The van der Waals surface area contributed by atoms with Crippen LogP contribution in [-0.2, 0) is 19.2 Å². The number of rotatable bonds is 4. The zero-order valence-electron chi connectivity index (χ0n) is 22.7. The van der Waals surface area contributed by atoms with Crippen LogP contribution in [0.5, 0.6) is 17.2 Å². The molecule has 220 valence electrons. The number of halogens is 2. The van der Waals surface area contributed by atoms with Gasteiger partial charge in [0.05, 0.1) is 29.1 Å². The number of nitrogens with zero attached hydrogens (tertiary/aromatic N) is 1. The van der Waals surface area contributed by atoms with Gasteiger partial charge < -0.3 is 20.1 Å². The van der Waals surface area contributed by atoms with Gasteiger partial charge in [0.2, 0.25) is 11.8 Å². The van der Waals surface area contributed by atoms with Gasteiger partial charge in [-0.25, -0.2) is 9.69 Å². The lowest BCUT2D eigenvalue weighted by atomic mass is 9.59. The molecule has 1 saturated heterocycles. The molecular weight excluding hydrogens is 690 g/mol. The number of phenolic OH excluding ortho intramolecular Hbond substituents is 1. The van der Waals surface area contributed by atoms with Gasteiger partial charge in [0, 0.05) is 33.2 Å². The Morgan fingerprint density at radius 2 is 1.74 bits per heavy atom. The molecule has 3 aliphatic carbocycles. The smallest absolute Gasteiger partial charge is 0.339 e. The number of carboxylic acids is 1. The number of phenols is 2. The molecule has 6 rings (SSSR count). The minimum Gasteiger partial charge on any atom is -0.507 e. The fourth-order valence-electron chi connectivity index (χ4n) is 6.79. The van der Waals surface area contributed by atoms with Gasteiger partial charge in [-0.05, 0) is 87.4 Å². The number of fused-ring (bicyclic) bond motifs is 3. The van der Waals surface area contributed by atoms with E-state index in [4.69, 9.17) is 4.74 Å². The Hall–Kier alpha value is -4.03. The van der Waals surface area contributed by atoms with E-state index in [1.807, 2.05) is 6.08 Å². The van der Waals surface area contributed by atoms with Crippen LogP contribution >= 0.6 is 31.9 Å². The molecule has 4 aliphatic rings. The van der Waals surface area contributed by atoms with Crippen molar-refractivity contribution in [2.24, 2.45) is 17.8 Å². The topological polar surface area (TPSA) is 159 Å². The number of carbonyl (C=O) groups is 5. The second-order valence-electron chi connectivity index (χ2n) is 10.9. The summed E-state index contributed by atoms with van der Waals surface area (Å²) >= 11 is 6.92. The lowest BCUT2D eigenvalue weighted by molar-refractivity contribution is -0.123. The Balaban J connectivity index is 1.50. The summed E-state index contributed by atoms with van der Waals surface area (Å²) in [5.41, 5.74) is 1.73. The summed E-state index contributed by atoms with van der Waals surface area (Å²) in [7, 11) is 1.39. The number of aromatic carboxylic acids is 1. The molecule has 1 aliphatic heterocycles. The van der Waals surface area contributed by atoms with E-state index in [1.165, 1.54) is 19.3 Å². The van der Waals surface area contributed by atoms with E-state index < -0.39 is 47.2 Å². The molecular formula is C31H23Br2NO9. The van der Waals surface area contributed by atoms with E-state index in [2.05, 4.69) is 31.9 Å². The van der Waals surface area contributed by atoms with Crippen molar-refractivity contribution in [3.05, 3.63) is 78.8 Å². The van der Waals surface area contributed by atoms with Crippen molar-refractivity contribution in [2.45, 2.75) is 25.7 Å². The van der Waals surface area contributed by atoms with Gasteiger partial charge in [-0.3, -0.25) is 19.2 Å². The summed E-state index contributed by atoms with van der Waals surface area (Å²) in [4.78, 5) is 67.1. The van der Waals surface area contributed by atoms with E-state index in [9.17, 15) is 39.3 Å². The lowest BCUT2D eigenvalue weighted by Gasteiger charge is -2.42. The van der Waals surface area contributed by atoms with Crippen molar-refractivity contribution >= 4 is 66.9 Å². The number of ketones is 2. The monoisotopic (exact) mass is 711 g/mol. The first-order chi connectivity index (χ1) is 20.4. The van der Waals surface area contributed by atoms with Crippen LogP contribution in [0.15, 0.2) is 67.7 Å². The van der Waals surface area contributed by atoms with Crippen molar-refractivity contribution in [1.82, 2.24) is 0 Å². The molecule has 2 aromatic rings. The summed E-state index contributed by atoms with van der Waals surface area (Å²) in [6, 6.07) is 5.08. The molecule has 0 bridgehead atoms. The van der Waals surface area contributed by atoms with Crippen molar-refractivity contribution in [3.63, 3.8) is 0 Å². The highest BCUT2D eigenvalue weighted by Gasteiger charge is 2.57. The molecule has 10 nitrogen and oxygen atoms in total. The third kappa shape index (κ3) is 4.21. The van der Waals surface area contributed by atoms with E-state index >= 15 is 0 Å². The number of benzene rings is 2. The summed E-state index contributed by atoms with van der Waals surface area (Å²) in [6.07, 6.45) is 3.39. The summed E-state index contributed by atoms with van der Waals surface area (Å²) in [5, 5.41) is 30.1. The number of hydrogen-bond donors (Lipinski definition) is 3. The fraction of sp³-hybridized carbons (Fsp3) is 0.258. The van der Waals surface area contributed by atoms with Crippen molar-refractivity contribution in [3.8, 4) is 17.2 Å². The Morgan fingerprint density at radius 1 is 1.02 bits per heavy atom. The summed E-state index contributed by atoms with van der Waals surface area (Å²) in [6.45, 7) is 1.57. The molecule has 4 atom stereocenters. The number of Topliss-reactive ketones (excluding diaryl/α,β-unsaturated/α-hetero) is 1. The third-order valence-corrected chi connectivity index (χ3v) is 10.9. The van der Waals surface area contributed by atoms with Gasteiger partial charge in [0.1, 0.15) is 11.3 Å². The fourth-order valence-corrected chi connectivity index (χ4v) is 7.74. The van der Waals surface area contributed by atoms with Crippen LogP contribution in [-0.4, -0.2) is 51.8 Å². The van der Waals surface area contributed by atoms with Crippen molar-refractivity contribution in [2.75, 3.05) is 12.0 Å². The van der Waals surface area contributed by atoms with Gasteiger partial charge in [-0.1, -0.05) is 11.6 Å². The predicted molar refractivity (Wildman–Crippen MR) is 159 cm³/mol. The molecule has 0 radical (unpaired) electrons. The standard InChI is InChI=1S/C31H23Br2NO9/c1-11-7-19(35)17-9-16-13(22(24(17)27(11)37)18-10-21(43-2)28(38)26(33)25(18)32)5-6-15-23(16)30(40)34(29(15)39)12-3-4-14(31(41)42)20(36)8-12/h3-5,7-8,10,15-16,22-23,36,38H,6,9H2,1-2H3,(H,41,42). The average molecular weight is 713 g/mol. The molecule has 3 N–H and O–H groups in total. The number of hydrogen-bond acceptors (Lipinski definition) is 8. The molecule has 1 fully saturated rings. The maximum Gasteiger partial charge on any atom is 0.339 e. The van der Waals surface area contributed by atoms with Crippen LogP contribution in [0, 0.1) is 17.8 Å². The molecule has 43 heavy (non-hydrogen) atoms. The Labute approximate surface area is 261 Å². The number of carbonyl (C=O) groups excluding carboxylic acids is 4. The quantitative estimate of drug-likeness (QED) is 0.226. The minimum atomic E-state index is -1.36. The first-order valence-corrected chi connectivity index (χ1v) is 14.8. The molecule has 12 heteroatoms. The molecule has 0 aromatic heterocycles. The number of imide groups is 1. The third-order valence-electron chi connectivity index (χ3n) is 8.74. The Bertz CT molecular complexity index is 1800. The maximum absolute atomic E-state index is 14.0. The molecule has 0 saturated carbocycles. The van der Waals surface area contributed by atoms with Crippen LogP contribution < -0.4 is 9.64 Å². The van der Waals surface area contributed by atoms with E-state index in [1.54, 1.807) is 13.0 Å². The van der Waals surface area contributed by atoms with Gasteiger partial charge in [-0.2, -0.15) is 0 Å². The van der Waals surface area contributed by atoms with Gasteiger partial charge in [-0.15, -0.1) is 0 Å². The van der Waals surface area contributed by atoms with E-state index in [-0.39, 0.29) is 68.4 Å². The Morgan fingerprint density at radius 3 is 2.40 bits per heavy atom. The molecule has 2 aromatic carbocycles. The zero-order valence-corrected chi connectivity index (χ0v) is 25.9. The Kier molecular flexibility index (Phi) is 6.96. The number of aromatic hydroxyl groups is 2. The summed E-state index contributed by atoms with van der Waals surface area (Å²) in [5.74, 6) is -6.71. The van der Waals surface area contributed by atoms with Gasteiger partial charge >= 0.3 is 5.97 Å². The highest BCUT2D eigenvalue weighted by Crippen LogP contribution is 2.58. The SMILES string of the molecule is COc1cc(C2C3=CCC4C(=O)N(c5ccc(C(=O)O)c(O)c5)C(=O)C4C3CC3=C2C(=O)C(C)=CC3=O)c(Br)c(Br)c1O. The van der Waals surface area contributed by atoms with Crippen LogP contribution in [0.1, 0.15) is 41.6 Å². The summed E-state index contributed by atoms with van der Waals surface area (Å²) < 4.78 is 6.10. The first kappa shape index (κ1) is 29.1. The molecule has 2 amide bonds. The lowest BCUT2D eigenvalue weighted by Crippen LogP contribution is -2.40. The normalized spacial score (nSPS) is 24.8. The van der Waals surface area contributed by atoms with E-state index in [0.29, 0.717) is 15.6 Å². The molecule has 4 unspecified atom stereocenters. The van der Waals surface area contributed by atoms with Crippen LogP contribution in [0.4, 0.5) is 5.69 Å². The number of anilines is 1.